The average Bonchev–Trinajstić information content (AvgIpc) is 1.98. The maximum absolute atomic E-state index is 11.2. The number of amides is 1. The second-order valence-corrected chi connectivity index (χ2v) is 4.48. The van der Waals surface area contributed by atoms with Crippen LogP contribution in [0.15, 0.2) is 0 Å². The van der Waals surface area contributed by atoms with Crippen molar-refractivity contribution < 1.29 is 24.2 Å². The second-order valence-electron chi connectivity index (χ2n) is 4.48. The first-order chi connectivity index (χ1) is 7.11. The highest BCUT2D eigenvalue weighted by Crippen LogP contribution is 2.07. The molecule has 92 valence electrons. The van der Waals surface area contributed by atoms with Crippen molar-refractivity contribution >= 4 is 17.8 Å². The van der Waals surface area contributed by atoms with Gasteiger partial charge in [-0.1, -0.05) is 0 Å². The molecule has 0 saturated carbocycles. The Kier molecular flexibility index (Phi) is 4.94. The van der Waals surface area contributed by atoms with E-state index in [4.69, 9.17) is 9.84 Å². The van der Waals surface area contributed by atoms with E-state index in [9.17, 15) is 14.4 Å². The van der Waals surface area contributed by atoms with Crippen molar-refractivity contribution in [2.45, 2.75) is 45.8 Å². The van der Waals surface area contributed by atoms with Crippen LogP contribution in [0.2, 0.25) is 0 Å². The van der Waals surface area contributed by atoms with E-state index in [1.165, 1.54) is 6.92 Å². The molecule has 16 heavy (non-hydrogen) atoms. The topological polar surface area (TPSA) is 92.7 Å². The Morgan fingerprint density at radius 1 is 1.31 bits per heavy atom. The van der Waals surface area contributed by atoms with Crippen LogP contribution in [0.3, 0.4) is 0 Å². The Hall–Kier alpha value is -1.59. The fourth-order valence-electron chi connectivity index (χ4n) is 0.925. The van der Waals surface area contributed by atoms with Gasteiger partial charge in [-0.05, 0) is 27.7 Å². The first-order valence-electron chi connectivity index (χ1n) is 4.87. The lowest BCUT2D eigenvalue weighted by atomic mass is 10.1. The van der Waals surface area contributed by atoms with Gasteiger partial charge >= 0.3 is 12.1 Å². The number of ether oxygens (including phenoxy) is 1. The fraction of sp³-hybridized carbons (Fsp3) is 0.700. The largest absolute Gasteiger partial charge is 0.476 e. The highest BCUT2D eigenvalue weighted by atomic mass is 16.6. The van der Waals surface area contributed by atoms with Crippen molar-refractivity contribution in [2.75, 3.05) is 0 Å². The summed E-state index contributed by atoms with van der Waals surface area (Å²) in [6.45, 7) is 6.66. The lowest BCUT2D eigenvalue weighted by Crippen LogP contribution is -2.39. The summed E-state index contributed by atoms with van der Waals surface area (Å²) in [6, 6.07) is -0.571. The summed E-state index contributed by atoms with van der Waals surface area (Å²) in [5.41, 5.74) is -0.624. The van der Waals surface area contributed by atoms with Crippen LogP contribution in [0.25, 0.3) is 0 Å². The minimum atomic E-state index is -1.50. The minimum absolute atomic E-state index is 0.255. The predicted octanol–water partition coefficient (Wildman–Crippen LogP) is 0.943. The zero-order chi connectivity index (χ0) is 12.9. The molecule has 0 saturated heterocycles. The van der Waals surface area contributed by atoms with Gasteiger partial charge in [-0.25, -0.2) is 9.59 Å². The van der Waals surface area contributed by atoms with Crippen LogP contribution in [-0.4, -0.2) is 34.6 Å². The third-order valence-electron chi connectivity index (χ3n) is 1.49. The van der Waals surface area contributed by atoms with Crippen LogP contribution >= 0.6 is 0 Å². The lowest BCUT2D eigenvalue weighted by molar-refractivity contribution is -0.149. The normalized spacial score (nSPS) is 12.8. The number of alkyl carbamates (subject to hydrolysis) is 1. The standard InChI is InChI=1S/C10H17NO5/c1-6(5-7(12)8(13)14)11-9(15)16-10(2,3)4/h6H,5H2,1-4H3,(H,11,15)(H,13,14). The van der Waals surface area contributed by atoms with E-state index < -0.39 is 29.5 Å². The first-order valence-corrected chi connectivity index (χ1v) is 4.87. The molecule has 0 aromatic carbocycles. The van der Waals surface area contributed by atoms with E-state index in [1.54, 1.807) is 20.8 Å². The molecule has 0 spiro atoms. The van der Waals surface area contributed by atoms with Crippen LogP contribution < -0.4 is 5.32 Å². The molecule has 0 aromatic rings. The molecule has 1 unspecified atom stereocenters. The van der Waals surface area contributed by atoms with E-state index in [0.717, 1.165) is 0 Å². The van der Waals surface area contributed by atoms with Gasteiger partial charge < -0.3 is 15.2 Å². The molecule has 6 heteroatoms. The van der Waals surface area contributed by atoms with Crippen molar-refractivity contribution in [1.29, 1.82) is 0 Å². The van der Waals surface area contributed by atoms with E-state index in [0.29, 0.717) is 0 Å². The molecule has 0 aliphatic carbocycles. The van der Waals surface area contributed by atoms with Gasteiger partial charge in [-0.2, -0.15) is 0 Å². The first kappa shape index (κ1) is 14.4. The number of ketones is 1. The van der Waals surface area contributed by atoms with Crippen LogP contribution in [-0.2, 0) is 14.3 Å². The van der Waals surface area contributed by atoms with Gasteiger partial charge in [0.25, 0.3) is 0 Å². The quantitative estimate of drug-likeness (QED) is 0.702. The van der Waals surface area contributed by atoms with Gasteiger partial charge in [0.05, 0.1) is 0 Å². The molecule has 0 heterocycles. The molecule has 0 radical (unpaired) electrons. The fourth-order valence-corrected chi connectivity index (χ4v) is 0.925. The average molecular weight is 231 g/mol. The number of Topliss-reactive ketones (excluding diaryl/α,β-unsaturated/α-hetero) is 1. The number of aliphatic carboxylic acids is 1. The number of rotatable bonds is 4. The highest BCUT2D eigenvalue weighted by Gasteiger charge is 2.20. The van der Waals surface area contributed by atoms with Crippen LogP contribution in [0, 0.1) is 0 Å². The van der Waals surface area contributed by atoms with Crippen molar-refractivity contribution in [3.05, 3.63) is 0 Å². The van der Waals surface area contributed by atoms with E-state index >= 15 is 0 Å². The molecule has 0 aromatic heterocycles. The number of carboxylic acids is 1. The SMILES string of the molecule is CC(CC(=O)C(=O)O)NC(=O)OC(C)(C)C. The Morgan fingerprint density at radius 3 is 2.19 bits per heavy atom. The maximum Gasteiger partial charge on any atom is 0.407 e. The summed E-state index contributed by atoms with van der Waals surface area (Å²) in [5, 5.41) is 10.7. The zero-order valence-corrected chi connectivity index (χ0v) is 9.86. The number of nitrogens with one attached hydrogen (secondary N) is 1. The molecule has 0 rings (SSSR count). The monoisotopic (exact) mass is 231 g/mol. The number of hydrogen-bond donors (Lipinski definition) is 2. The van der Waals surface area contributed by atoms with Gasteiger partial charge in [0.15, 0.2) is 0 Å². The molecule has 6 nitrogen and oxygen atoms in total. The van der Waals surface area contributed by atoms with Gasteiger partial charge in [0, 0.05) is 12.5 Å². The molecule has 1 amide bonds. The van der Waals surface area contributed by atoms with E-state index in [2.05, 4.69) is 5.32 Å². The van der Waals surface area contributed by atoms with Crippen molar-refractivity contribution in [2.24, 2.45) is 0 Å². The van der Waals surface area contributed by atoms with Crippen LogP contribution in [0.1, 0.15) is 34.1 Å². The molecule has 0 fully saturated rings. The van der Waals surface area contributed by atoms with E-state index in [-0.39, 0.29) is 6.42 Å². The third-order valence-corrected chi connectivity index (χ3v) is 1.49. The van der Waals surface area contributed by atoms with Crippen molar-refractivity contribution in [3.63, 3.8) is 0 Å². The summed E-state index contributed by atoms with van der Waals surface area (Å²) in [5.74, 6) is -2.44. The lowest BCUT2D eigenvalue weighted by Gasteiger charge is -2.21. The van der Waals surface area contributed by atoms with Crippen LogP contribution in [0.5, 0.6) is 0 Å². The molecule has 1 atom stereocenters. The Labute approximate surface area is 94.0 Å². The van der Waals surface area contributed by atoms with Gasteiger partial charge in [0.1, 0.15) is 5.60 Å². The zero-order valence-electron chi connectivity index (χ0n) is 9.86. The molecule has 0 bridgehead atoms. The summed E-state index contributed by atoms with van der Waals surface area (Å²) in [4.78, 5) is 32.3. The number of carbonyl (C=O) groups excluding carboxylic acids is 2. The number of carbonyl (C=O) groups is 3. The molecule has 0 aliphatic heterocycles. The Balaban J connectivity index is 4.06. The summed E-state index contributed by atoms with van der Waals surface area (Å²) < 4.78 is 4.94. The minimum Gasteiger partial charge on any atom is -0.476 e. The third kappa shape index (κ3) is 6.80. The maximum atomic E-state index is 11.2. The smallest absolute Gasteiger partial charge is 0.407 e. The van der Waals surface area contributed by atoms with Crippen LogP contribution in [0.4, 0.5) is 4.79 Å². The summed E-state index contributed by atoms with van der Waals surface area (Å²) in [6.07, 6.45) is -0.924. The molecule has 2 N–H and O–H groups in total. The van der Waals surface area contributed by atoms with Crippen molar-refractivity contribution in [3.8, 4) is 0 Å². The number of hydrogen-bond acceptors (Lipinski definition) is 4. The Bertz CT molecular complexity index is 292. The highest BCUT2D eigenvalue weighted by molar-refractivity contribution is 6.32. The summed E-state index contributed by atoms with van der Waals surface area (Å²) in [7, 11) is 0. The van der Waals surface area contributed by atoms with Gasteiger partial charge in [-0.3, -0.25) is 4.79 Å². The Morgan fingerprint density at radius 2 is 1.81 bits per heavy atom. The van der Waals surface area contributed by atoms with E-state index in [1.807, 2.05) is 0 Å². The molecular formula is C10H17NO5. The predicted molar refractivity (Wildman–Crippen MR) is 56.1 cm³/mol. The van der Waals surface area contributed by atoms with Crippen molar-refractivity contribution in [1.82, 2.24) is 5.32 Å². The second kappa shape index (κ2) is 5.48. The molecular weight excluding hydrogens is 214 g/mol. The molecule has 0 aliphatic rings. The summed E-state index contributed by atoms with van der Waals surface area (Å²) >= 11 is 0. The van der Waals surface area contributed by atoms with Gasteiger partial charge in [0.2, 0.25) is 5.78 Å². The van der Waals surface area contributed by atoms with Gasteiger partial charge in [-0.15, -0.1) is 0 Å². The number of carboxylic acid groups (broad SMARTS) is 1.